The molecule has 0 saturated carbocycles. The van der Waals surface area contributed by atoms with Crippen molar-refractivity contribution in [2.75, 3.05) is 19.0 Å². The van der Waals surface area contributed by atoms with E-state index in [1.807, 2.05) is 54.6 Å². The normalized spacial score (nSPS) is 10.9. The first-order valence-electron chi connectivity index (χ1n) is 9.40. The highest BCUT2D eigenvalue weighted by Crippen LogP contribution is 2.23. The summed E-state index contributed by atoms with van der Waals surface area (Å²) in [5.41, 5.74) is 1.85. The molecule has 29 heavy (non-hydrogen) atoms. The lowest BCUT2D eigenvalue weighted by atomic mass is 10.1. The van der Waals surface area contributed by atoms with Crippen molar-refractivity contribution in [3.8, 4) is 17.1 Å². The average molecular weight is 410 g/mol. The van der Waals surface area contributed by atoms with Crippen LogP contribution in [-0.4, -0.2) is 29.9 Å². The molecule has 0 aliphatic carbocycles. The molecule has 1 heterocycles. The number of para-hydroxylation sites is 1. The van der Waals surface area contributed by atoms with E-state index in [0.29, 0.717) is 24.9 Å². The Hall–Kier alpha value is -2.99. The van der Waals surface area contributed by atoms with E-state index in [9.17, 15) is 4.79 Å². The average Bonchev–Trinajstić information content (AvgIpc) is 3.22. The predicted molar refractivity (Wildman–Crippen MR) is 116 cm³/mol. The highest BCUT2D eigenvalue weighted by atomic mass is 32.2. The van der Waals surface area contributed by atoms with Crippen LogP contribution >= 0.6 is 11.8 Å². The second-order valence-corrected chi connectivity index (χ2v) is 7.14. The Morgan fingerprint density at radius 1 is 1.14 bits per heavy atom. The summed E-state index contributed by atoms with van der Waals surface area (Å²) in [5, 5.41) is 0. The number of nitrogens with zero attached hydrogens (tertiary/aromatic N) is 1. The fourth-order valence-electron chi connectivity index (χ4n) is 2.52. The Kier molecular flexibility index (Phi) is 7.95. The van der Waals surface area contributed by atoms with Crippen LogP contribution in [0.15, 0.2) is 71.3 Å². The van der Waals surface area contributed by atoms with E-state index in [1.165, 1.54) is 6.08 Å². The quantitative estimate of drug-likeness (QED) is 0.260. The summed E-state index contributed by atoms with van der Waals surface area (Å²) in [4.78, 5) is 15.7. The van der Waals surface area contributed by atoms with Gasteiger partial charge in [-0.15, -0.1) is 11.8 Å². The van der Waals surface area contributed by atoms with Crippen molar-refractivity contribution >= 4 is 23.8 Å². The lowest BCUT2D eigenvalue weighted by Gasteiger charge is -2.04. The minimum Gasteiger partial charge on any atom is -0.493 e. The van der Waals surface area contributed by atoms with Gasteiger partial charge >= 0.3 is 5.97 Å². The Morgan fingerprint density at radius 2 is 1.93 bits per heavy atom. The molecule has 0 N–H and O–H groups in total. The summed E-state index contributed by atoms with van der Waals surface area (Å²) in [5.74, 6) is 3.50. The predicted octanol–water partition coefficient (Wildman–Crippen LogP) is 5.23. The van der Waals surface area contributed by atoms with Crippen LogP contribution in [0.4, 0.5) is 0 Å². The SMILES string of the molecule is CCOC(=O)C=Cc1ccc(-c2cnc(CSCCOc3ccccc3)o2)cc1. The summed E-state index contributed by atoms with van der Waals surface area (Å²) in [7, 11) is 0. The number of aromatic nitrogens is 1. The third-order valence-electron chi connectivity index (χ3n) is 3.91. The van der Waals surface area contributed by atoms with E-state index in [-0.39, 0.29) is 5.97 Å². The van der Waals surface area contributed by atoms with E-state index in [2.05, 4.69) is 4.98 Å². The first-order chi connectivity index (χ1) is 14.2. The number of oxazole rings is 1. The summed E-state index contributed by atoms with van der Waals surface area (Å²) in [6.45, 7) is 2.79. The van der Waals surface area contributed by atoms with Gasteiger partial charge in [0.25, 0.3) is 0 Å². The van der Waals surface area contributed by atoms with Crippen LogP contribution in [0.3, 0.4) is 0 Å². The molecule has 0 aliphatic rings. The zero-order valence-electron chi connectivity index (χ0n) is 16.2. The number of hydrogen-bond donors (Lipinski definition) is 0. The third-order valence-corrected chi connectivity index (χ3v) is 4.82. The van der Waals surface area contributed by atoms with E-state index in [0.717, 1.165) is 28.4 Å². The van der Waals surface area contributed by atoms with Crippen LogP contribution < -0.4 is 4.74 Å². The monoisotopic (exact) mass is 409 g/mol. The van der Waals surface area contributed by atoms with Gasteiger partial charge in [0.1, 0.15) is 5.75 Å². The molecular weight excluding hydrogens is 386 g/mol. The summed E-state index contributed by atoms with van der Waals surface area (Å²) < 4.78 is 16.4. The summed E-state index contributed by atoms with van der Waals surface area (Å²) >= 11 is 1.72. The summed E-state index contributed by atoms with van der Waals surface area (Å²) in [6, 6.07) is 17.5. The molecule has 0 saturated heterocycles. The van der Waals surface area contributed by atoms with Crippen LogP contribution in [0.5, 0.6) is 5.75 Å². The molecule has 6 heteroatoms. The van der Waals surface area contributed by atoms with Crippen LogP contribution in [0.1, 0.15) is 18.4 Å². The molecule has 0 radical (unpaired) electrons. The molecular formula is C23H23NO4S. The van der Waals surface area contributed by atoms with E-state index in [4.69, 9.17) is 13.9 Å². The van der Waals surface area contributed by atoms with Gasteiger partial charge in [0.15, 0.2) is 5.76 Å². The number of thioether (sulfide) groups is 1. The molecule has 0 aliphatic heterocycles. The molecule has 0 fully saturated rings. The molecule has 0 spiro atoms. The van der Waals surface area contributed by atoms with Crippen LogP contribution in [0, 0.1) is 0 Å². The maximum Gasteiger partial charge on any atom is 0.330 e. The molecule has 0 unspecified atom stereocenters. The molecule has 1 aromatic heterocycles. The van der Waals surface area contributed by atoms with Gasteiger partial charge in [-0.2, -0.15) is 0 Å². The number of benzene rings is 2. The Morgan fingerprint density at radius 3 is 2.69 bits per heavy atom. The minimum absolute atomic E-state index is 0.344. The third kappa shape index (κ3) is 6.84. The Labute approximate surface area is 174 Å². The van der Waals surface area contributed by atoms with Crippen molar-refractivity contribution in [2.45, 2.75) is 12.7 Å². The number of ether oxygens (including phenoxy) is 2. The van der Waals surface area contributed by atoms with Crippen LogP contribution in [0.25, 0.3) is 17.4 Å². The fourth-order valence-corrected chi connectivity index (χ4v) is 3.17. The van der Waals surface area contributed by atoms with Crippen molar-refractivity contribution in [3.63, 3.8) is 0 Å². The topological polar surface area (TPSA) is 61.6 Å². The smallest absolute Gasteiger partial charge is 0.330 e. The van der Waals surface area contributed by atoms with Crippen LogP contribution in [0.2, 0.25) is 0 Å². The Balaban J connectivity index is 1.45. The molecule has 0 amide bonds. The maximum atomic E-state index is 11.4. The molecule has 150 valence electrons. The number of carbonyl (C=O) groups is 1. The minimum atomic E-state index is -0.344. The zero-order valence-corrected chi connectivity index (χ0v) is 17.1. The van der Waals surface area contributed by atoms with Crippen molar-refractivity contribution in [1.82, 2.24) is 4.98 Å². The van der Waals surface area contributed by atoms with Gasteiger partial charge in [-0.05, 0) is 30.7 Å². The first-order valence-corrected chi connectivity index (χ1v) is 10.6. The highest BCUT2D eigenvalue weighted by molar-refractivity contribution is 7.98. The lowest BCUT2D eigenvalue weighted by molar-refractivity contribution is -0.137. The molecule has 0 atom stereocenters. The van der Waals surface area contributed by atoms with Crippen molar-refractivity contribution < 1.29 is 18.7 Å². The van der Waals surface area contributed by atoms with E-state index in [1.54, 1.807) is 31.0 Å². The number of esters is 1. The first kappa shape index (κ1) is 20.7. The van der Waals surface area contributed by atoms with Gasteiger partial charge < -0.3 is 13.9 Å². The van der Waals surface area contributed by atoms with Gasteiger partial charge in [0.2, 0.25) is 5.89 Å². The van der Waals surface area contributed by atoms with Gasteiger partial charge in [-0.1, -0.05) is 42.5 Å². The molecule has 5 nitrogen and oxygen atoms in total. The molecule has 0 bridgehead atoms. The molecule has 2 aromatic carbocycles. The number of hydrogen-bond acceptors (Lipinski definition) is 6. The van der Waals surface area contributed by atoms with Crippen molar-refractivity contribution in [2.24, 2.45) is 0 Å². The van der Waals surface area contributed by atoms with Gasteiger partial charge in [-0.3, -0.25) is 0 Å². The fraction of sp³-hybridized carbons (Fsp3) is 0.217. The van der Waals surface area contributed by atoms with E-state index >= 15 is 0 Å². The zero-order chi connectivity index (χ0) is 20.3. The standard InChI is InChI=1S/C23H23NO4S/c1-2-26-23(25)13-10-18-8-11-19(12-9-18)21-16-24-22(28-21)17-29-15-14-27-20-6-4-3-5-7-20/h3-13,16H,2,14-15,17H2,1H3. The maximum absolute atomic E-state index is 11.4. The second-order valence-electron chi connectivity index (χ2n) is 6.04. The summed E-state index contributed by atoms with van der Waals surface area (Å²) in [6.07, 6.45) is 4.88. The molecule has 3 rings (SSSR count). The highest BCUT2D eigenvalue weighted by Gasteiger charge is 2.07. The second kappa shape index (κ2) is 11.1. The number of rotatable bonds is 10. The largest absolute Gasteiger partial charge is 0.493 e. The van der Waals surface area contributed by atoms with Gasteiger partial charge in [-0.25, -0.2) is 9.78 Å². The lowest BCUT2D eigenvalue weighted by Crippen LogP contribution is -2.00. The van der Waals surface area contributed by atoms with Crippen molar-refractivity contribution in [3.05, 3.63) is 78.3 Å². The number of carbonyl (C=O) groups excluding carboxylic acids is 1. The van der Waals surface area contributed by atoms with Crippen LogP contribution in [-0.2, 0) is 15.3 Å². The Bertz CT molecular complexity index is 920. The molecule has 3 aromatic rings. The van der Waals surface area contributed by atoms with Gasteiger partial charge in [0, 0.05) is 17.4 Å². The van der Waals surface area contributed by atoms with Crippen molar-refractivity contribution in [1.29, 1.82) is 0 Å². The van der Waals surface area contributed by atoms with E-state index < -0.39 is 0 Å². The van der Waals surface area contributed by atoms with Gasteiger partial charge in [0.05, 0.1) is 25.2 Å².